The molecular weight excluding hydrogens is 530 g/mol. The van der Waals surface area contributed by atoms with Gasteiger partial charge in [-0.25, -0.2) is 13.4 Å². The van der Waals surface area contributed by atoms with Gasteiger partial charge in [-0.05, 0) is 55.7 Å². The van der Waals surface area contributed by atoms with Gasteiger partial charge in [0.25, 0.3) is 5.91 Å². The molecule has 3 heterocycles. The van der Waals surface area contributed by atoms with Crippen LogP contribution >= 0.6 is 22.9 Å². The number of anilines is 1. The van der Waals surface area contributed by atoms with Gasteiger partial charge < -0.3 is 10.2 Å². The number of piperidine rings is 1. The molecule has 0 unspecified atom stereocenters. The van der Waals surface area contributed by atoms with E-state index in [0.29, 0.717) is 25.2 Å². The largest absolute Gasteiger partial charge is 0.351 e. The normalized spacial score (nSPS) is 17.8. The number of piperazine rings is 1. The van der Waals surface area contributed by atoms with Crippen molar-refractivity contribution in [2.24, 2.45) is 0 Å². The zero-order valence-electron chi connectivity index (χ0n) is 21.0. The van der Waals surface area contributed by atoms with Gasteiger partial charge in [-0.2, -0.15) is 4.31 Å². The molecule has 2 aliphatic rings. The number of nitrogens with one attached hydrogen (secondary N) is 1. The van der Waals surface area contributed by atoms with E-state index in [1.165, 1.54) is 12.1 Å². The Labute approximate surface area is 227 Å². The van der Waals surface area contributed by atoms with Crippen molar-refractivity contribution in [3.63, 3.8) is 0 Å². The van der Waals surface area contributed by atoms with E-state index in [2.05, 4.69) is 22.0 Å². The van der Waals surface area contributed by atoms with Crippen LogP contribution in [0.25, 0.3) is 10.2 Å². The number of nitrogens with zero attached hydrogens (tertiary/aromatic N) is 4. The summed E-state index contributed by atoms with van der Waals surface area (Å²) in [5.74, 6) is -0.192. The number of fused-ring (bicyclic) bond motifs is 1. The molecule has 1 aromatic heterocycles. The third-order valence-electron chi connectivity index (χ3n) is 7.11. The molecule has 0 saturated carbocycles. The van der Waals surface area contributed by atoms with E-state index in [0.717, 1.165) is 77.9 Å². The minimum absolute atomic E-state index is 0.192. The smallest absolute Gasteiger partial charge is 0.251 e. The number of benzene rings is 2. The number of sulfonamides is 1. The molecule has 3 aromatic rings. The molecule has 0 bridgehead atoms. The highest BCUT2D eigenvalue weighted by Crippen LogP contribution is 2.35. The summed E-state index contributed by atoms with van der Waals surface area (Å²) in [7, 11) is -3.49. The number of carbonyl (C=O) groups is 1. The summed E-state index contributed by atoms with van der Waals surface area (Å²) in [4.78, 5) is 22.3. The number of aryl methyl sites for hydroxylation is 1. The molecule has 2 aromatic carbocycles. The van der Waals surface area contributed by atoms with Gasteiger partial charge in [-0.1, -0.05) is 35.4 Å². The van der Waals surface area contributed by atoms with Crippen molar-refractivity contribution < 1.29 is 13.2 Å². The minimum atomic E-state index is -3.49. The van der Waals surface area contributed by atoms with Crippen molar-refractivity contribution in [2.75, 3.05) is 57.3 Å². The topological polar surface area (TPSA) is 85.8 Å². The second-order valence-electron chi connectivity index (χ2n) is 9.61. The van der Waals surface area contributed by atoms with Crippen LogP contribution in [0.1, 0.15) is 35.2 Å². The van der Waals surface area contributed by atoms with Gasteiger partial charge in [-0.15, -0.1) is 0 Å². The fraction of sp³-hybridized carbons (Fsp3) is 0.462. The minimum Gasteiger partial charge on any atom is -0.351 e. The maximum Gasteiger partial charge on any atom is 0.251 e. The second-order valence-corrected chi connectivity index (χ2v) is 12.9. The lowest BCUT2D eigenvalue weighted by Gasteiger charge is -2.34. The number of hydrogen-bond donors (Lipinski definition) is 1. The van der Waals surface area contributed by atoms with E-state index >= 15 is 0 Å². The average Bonchev–Trinajstić information content (AvgIpc) is 3.39. The maximum atomic E-state index is 12.8. The van der Waals surface area contributed by atoms with Crippen LogP contribution in [-0.4, -0.2) is 80.9 Å². The molecule has 8 nitrogen and oxygen atoms in total. The van der Waals surface area contributed by atoms with Crippen LogP contribution in [0.5, 0.6) is 0 Å². The zero-order valence-corrected chi connectivity index (χ0v) is 23.3. The van der Waals surface area contributed by atoms with E-state index in [1.54, 1.807) is 27.8 Å². The van der Waals surface area contributed by atoms with Crippen molar-refractivity contribution in [1.82, 2.24) is 19.5 Å². The molecule has 0 atom stereocenters. The summed E-state index contributed by atoms with van der Waals surface area (Å²) in [6.45, 7) is 7.99. The van der Waals surface area contributed by atoms with E-state index in [1.807, 2.05) is 12.1 Å². The van der Waals surface area contributed by atoms with Gasteiger partial charge in [0.2, 0.25) is 10.0 Å². The van der Waals surface area contributed by atoms with E-state index in [-0.39, 0.29) is 10.8 Å². The molecule has 0 aliphatic carbocycles. The standard InChI is InChI=1S/C26H32ClN5O3S2/c1-19-5-10-22(27)24-23(19)29-26(36-24)31-17-15-30(16-18-31)14-11-28-25(33)20-6-8-21(9-7-20)37(34,35)32-12-3-2-4-13-32/h5-10H,2-4,11-18H2,1H3,(H,28,33). The summed E-state index contributed by atoms with van der Waals surface area (Å²) < 4.78 is 28.2. The van der Waals surface area contributed by atoms with Crippen LogP contribution in [0.4, 0.5) is 5.13 Å². The fourth-order valence-corrected chi connectivity index (χ4v) is 7.74. The maximum absolute atomic E-state index is 12.8. The number of rotatable bonds is 7. The highest BCUT2D eigenvalue weighted by atomic mass is 35.5. The van der Waals surface area contributed by atoms with Crippen LogP contribution in [0, 0.1) is 6.92 Å². The number of carbonyl (C=O) groups excluding carboxylic acids is 1. The molecule has 1 N–H and O–H groups in total. The molecule has 198 valence electrons. The average molecular weight is 562 g/mol. The van der Waals surface area contributed by atoms with Crippen LogP contribution < -0.4 is 10.2 Å². The number of amides is 1. The lowest BCUT2D eigenvalue weighted by Crippen LogP contribution is -2.48. The Hall–Kier alpha value is -2.24. The molecule has 2 saturated heterocycles. The Kier molecular flexibility index (Phi) is 8.02. The quantitative estimate of drug-likeness (QED) is 0.469. The first-order valence-corrected chi connectivity index (χ1v) is 15.4. The van der Waals surface area contributed by atoms with Crippen LogP contribution in [0.15, 0.2) is 41.3 Å². The van der Waals surface area contributed by atoms with Crippen molar-refractivity contribution in [1.29, 1.82) is 0 Å². The van der Waals surface area contributed by atoms with Gasteiger partial charge in [-0.3, -0.25) is 9.69 Å². The first kappa shape index (κ1) is 26.4. The molecule has 0 radical (unpaired) electrons. The molecular formula is C26H32ClN5O3S2. The Morgan fingerprint density at radius 1 is 1.00 bits per heavy atom. The number of aromatic nitrogens is 1. The summed E-state index contributed by atoms with van der Waals surface area (Å²) >= 11 is 8.01. The van der Waals surface area contributed by atoms with Crippen LogP contribution in [0.3, 0.4) is 0 Å². The first-order valence-electron chi connectivity index (χ1n) is 12.7. The Bertz CT molecular complexity index is 1320. The van der Waals surface area contributed by atoms with Crippen LogP contribution in [0.2, 0.25) is 5.02 Å². The second kappa shape index (κ2) is 11.2. The number of halogens is 1. The van der Waals surface area contributed by atoms with Gasteiger partial charge in [0.15, 0.2) is 5.13 Å². The van der Waals surface area contributed by atoms with E-state index in [4.69, 9.17) is 16.6 Å². The molecule has 2 aliphatic heterocycles. The molecule has 5 rings (SSSR count). The Morgan fingerprint density at radius 2 is 1.70 bits per heavy atom. The van der Waals surface area contributed by atoms with Crippen molar-refractivity contribution in [3.8, 4) is 0 Å². The summed E-state index contributed by atoms with van der Waals surface area (Å²) in [5.41, 5.74) is 2.58. The zero-order chi connectivity index (χ0) is 26.0. The number of thiazole rings is 1. The van der Waals surface area contributed by atoms with E-state index in [9.17, 15) is 13.2 Å². The van der Waals surface area contributed by atoms with Crippen molar-refractivity contribution in [2.45, 2.75) is 31.1 Å². The fourth-order valence-electron chi connectivity index (χ4n) is 4.85. The third-order valence-corrected chi connectivity index (χ3v) is 10.6. The summed E-state index contributed by atoms with van der Waals surface area (Å²) in [5, 5.41) is 4.71. The highest BCUT2D eigenvalue weighted by Gasteiger charge is 2.26. The molecule has 0 spiro atoms. The highest BCUT2D eigenvalue weighted by molar-refractivity contribution is 7.89. The lowest BCUT2D eigenvalue weighted by atomic mass is 10.2. The molecule has 2 fully saturated rings. The molecule has 11 heteroatoms. The van der Waals surface area contributed by atoms with Gasteiger partial charge in [0, 0.05) is 57.9 Å². The lowest BCUT2D eigenvalue weighted by molar-refractivity contribution is 0.0947. The van der Waals surface area contributed by atoms with Crippen molar-refractivity contribution >= 4 is 54.2 Å². The molecule has 37 heavy (non-hydrogen) atoms. The molecule has 1 amide bonds. The van der Waals surface area contributed by atoms with E-state index < -0.39 is 10.0 Å². The first-order chi connectivity index (χ1) is 17.8. The Balaban J connectivity index is 1.09. The van der Waals surface area contributed by atoms with Gasteiger partial charge in [0.05, 0.1) is 20.1 Å². The van der Waals surface area contributed by atoms with Crippen LogP contribution in [-0.2, 0) is 10.0 Å². The van der Waals surface area contributed by atoms with Gasteiger partial charge in [0.1, 0.15) is 0 Å². The Morgan fingerprint density at radius 3 is 2.38 bits per heavy atom. The number of hydrogen-bond acceptors (Lipinski definition) is 7. The summed E-state index contributed by atoms with van der Waals surface area (Å²) in [6.07, 6.45) is 2.86. The van der Waals surface area contributed by atoms with Crippen molar-refractivity contribution in [3.05, 3.63) is 52.5 Å². The predicted octanol–water partition coefficient (Wildman–Crippen LogP) is 3.98. The predicted molar refractivity (Wildman–Crippen MR) is 149 cm³/mol. The third kappa shape index (κ3) is 5.78. The van der Waals surface area contributed by atoms with Gasteiger partial charge >= 0.3 is 0 Å². The SMILES string of the molecule is Cc1ccc(Cl)c2sc(N3CCN(CCNC(=O)c4ccc(S(=O)(=O)N5CCCCC5)cc4)CC3)nc12. The summed E-state index contributed by atoms with van der Waals surface area (Å²) in [6, 6.07) is 10.2. The monoisotopic (exact) mass is 561 g/mol.